The van der Waals surface area contributed by atoms with Crippen LogP contribution < -0.4 is 20.3 Å². The number of anilines is 2. The number of aliphatic hydroxyl groups excluding tert-OH is 1. The van der Waals surface area contributed by atoms with E-state index in [9.17, 15) is 19.0 Å². The van der Waals surface area contributed by atoms with Crippen LogP contribution in [-0.2, 0) is 6.42 Å². The third-order valence-corrected chi connectivity index (χ3v) is 10.2. The monoisotopic (exact) mass is 608 g/mol. The predicted octanol–water partition coefficient (Wildman–Crippen LogP) is 6.21. The number of aliphatic hydroxyl groups is 1. The summed E-state index contributed by atoms with van der Waals surface area (Å²) in [6.45, 7) is 5.79. The van der Waals surface area contributed by atoms with Crippen molar-refractivity contribution in [3.63, 3.8) is 0 Å². The van der Waals surface area contributed by atoms with Gasteiger partial charge in [0.1, 0.15) is 0 Å². The molecule has 4 rings (SSSR count). The quantitative estimate of drug-likeness (QED) is 0.160. The molecule has 1 aliphatic heterocycles. The lowest BCUT2D eigenvalue weighted by Gasteiger charge is -2.47. The minimum absolute atomic E-state index is 0. The highest BCUT2D eigenvalue weighted by Gasteiger charge is 2.34. The van der Waals surface area contributed by atoms with Crippen LogP contribution in [0, 0.1) is 0 Å². The molecule has 2 fully saturated rings. The first-order valence-electron chi connectivity index (χ1n) is 15.0. The third-order valence-electron chi connectivity index (χ3n) is 8.29. The molecule has 0 radical (unpaired) electrons. The van der Waals surface area contributed by atoms with Gasteiger partial charge in [-0.1, -0.05) is 56.5 Å². The zero-order valence-electron chi connectivity index (χ0n) is 24.5. The first kappa shape index (κ1) is 33.5. The minimum atomic E-state index is -2.93. The summed E-state index contributed by atoms with van der Waals surface area (Å²) in [5, 5.41) is 21.5. The van der Waals surface area contributed by atoms with Crippen molar-refractivity contribution in [3.8, 4) is 0 Å². The molecule has 41 heavy (non-hydrogen) atoms. The van der Waals surface area contributed by atoms with E-state index in [1.54, 1.807) is 16.4 Å². The number of β-amino-alcohol motifs (C(OH)–C–C–N with tert-alkyl or cyclic N) is 1. The van der Waals surface area contributed by atoms with E-state index < -0.39 is 22.9 Å². The molecule has 0 bridgehead atoms. The van der Waals surface area contributed by atoms with Gasteiger partial charge in [-0.25, -0.2) is 0 Å². The molecule has 0 aromatic heterocycles. The second-order valence-corrected chi connectivity index (χ2v) is 13.5. The van der Waals surface area contributed by atoms with Crippen molar-refractivity contribution >= 4 is 40.5 Å². The van der Waals surface area contributed by atoms with Crippen molar-refractivity contribution in [2.24, 2.45) is 0 Å². The molecule has 10 heteroatoms. The lowest BCUT2D eigenvalue weighted by atomic mass is 9.91. The van der Waals surface area contributed by atoms with Gasteiger partial charge < -0.3 is 21.1 Å². The molecule has 8 nitrogen and oxygen atoms in total. The molecule has 1 amide bonds. The number of hydrogen-bond donors (Lipinski definition) is 6. The molecule has 1 saturated carbocycles. The van der Waals surface area contributed by atoms with Gasteiger partial charge in [-0.3, -0.25) is 18.2 Å². The van der Waals surface area contributed by atoms with Crippen molar-refractivity contribution in [2.75, 3.05) is 35.0 Å². The summed E-state index contributed by atoms with van der Waals surface area (Å²) in [7, 11) is -2.93. The summed E-state index contributed by atoms with van der Waals surface area (Å²) in [6.07, 6.45) is 8.21. The molecule has 1 aliphatic carbocycles. The molecular weight excluding hydrogens is 560 g/mol. The fourth-order valence-electron chi connectivity index (χ4n) is 6.21. The maximum atomic E-state index is 13.7. The summed E-state index contributed by atoms with van der Waals surface area (Å²) >= 11 is 0. The van der Waals surface area contributed by atoms with Crippen LogP contribution in [0.5, 0.6) is 0 Å². The molecule has 0 spiro atoms. The number of carbonyl (C=O) groups excluding carboxylic acids is 1. The van der Waals surface area contributed by atoms with E-state index in [2.05, 4.69) is 22.9 Å². The summed E-state index contributed by atoms with van der Waals surface area (Å²) in [5.41, 5.74) is 2.90. The largest absolute Gasteiger partial charge is 0.390 e. The van der Waals surface area contributed by atoms with Gasteiger partial charge in [0.25, 0.3) is 5.91 Å². The summed E-state index contributed by atoms with van der Waals surface area (Å²) < 4.78 is 23.1. The van der Waals surface area contributed by atoms with Crippen molar-refractivity contribution in [3.05, 3.63) is 59.7 Å². The Kier molecular flexibility index (Phi) is 12.6. The average molecular weight is 609 g/mol. The Morgan fingerprint density at radius 3 is 2.44 bits per heavy atom. The molecule has 0 unspecified atom stereocenters. The van der Waals surface area contributed by atoms with Crippen LogP contribution in [0.4, 0.5) is 11.4 Å². The highest BCUT2D eigenvalue weighted by Crippen LogP contribution is 2.50. The molecule has 1 saturated heterocycles. The number of benzene rings is 2. The molecule has 2 aromatic carbocycles. The minimum Gasteiger partial charge on any atom is -0.390 e. The van der Waals surface area contributed by atoms with Gasteiger partial charge in [-0.05, 0) is 69.2 Å². The maximum Gasteiger partial charge on any atom is 0.251 e. The fraction of sp³-hybridized carbons (Fsp3) is 0.581. The topological polar surface area (TPSA) is 117 Å². The first-order chi connectivity index (χ1) is 19.2. The average Bonchev–Trinajstić information content (AvgIpc) is 3.40. The van der Waals surface area contributed by atoms with E-state index in [0.29, 0.717) is 43.1 Å². The van der Waals surface area contributed by atoms with E-state index >= 15 is 0 Å². The van der Waals surface area contributed by atoms with Crippen LogP contribution in [0.1, 0.15) is 81.1 Å². The zero-order chi connectivity index (χ0) is 28.6. The highest BCUT2D eigenvalue weighted by atomic mass is 35.5. The highest BCUT2D eigenvalue weighted by molar-refractivity contribution is 8.25. The standard InChI is InChI=1S/C31H48N4O4S.ClH/c1-3-14-31(15-8-9-16-31)33-23-29(36)28(19-24-12-6-5-7-13-24)34-30(37)25-20-26(32-4-2)22-27(21-25)35-17-10-11-18-40(35,38)39;/h5-7,12-13,20-22,28-29,32-33,36,38-39H,3-4,8-11,14-19,23H2,1-2H3,(H,34,37);1H/t28-,29-;/m0./s1. The lowest BCUT2D eigenvalue weighted by Crippen LogP contribution is -2.53. The molecule has 1 heterocycles. The maximum absolute atomic E-state index is 13.7. The number of hydrogen-bond acceptors (Lipinski definition) is 7. The summed E-state index contributed by atoms with van der Waals surface area (Å²) in [4.78, 5) is 13.7. The second-order valence-electron chi connectivity index (χ2n) is 11.4. The number of rotatable bonds is 13. The zero-order valence-corrected chi connectivity index (χ0v) is 26.1. The van der Waals surface area contributed by atoms with Crippen LogP contribution in [0.2, 0.25) is 0 Å². The number of halogens is 1. The van der Waals surface area contributed by atoms with Gasteiger partial charge in [-0.15, -0.1) is 23.2 Å². The number of amides is 1. The smallest absolute Gasteiger partial charge is 0.251 e. The van der Waals surface area contributed by atoms with Gasteiger partial charge in [0.05, 0.1) is 23.6 Å². The Labute approximate surface area is 253 Å². The van der Waals surface area contributed by atoms with Crippen LogP contribution >= 0.6 is 23.2 Å². The Hall–Kier alpha value is -2.01. The van der Waals surface area contributed by atoms with Crippen molar-refractivity contribution in [1.29, 1.82) is 0 Å². The number of nitrogens with one attached hydrogen (secondary N) is 3. The van der Waals surface area contributed by atoms with Crippen LogP contribution in [-0.4, -0.2) is 63.2 Å². The van der Waals surface area contributed by atoms with Gasteiger partial charge in [0, 0.05) is 36.4 Å². The molecular formula is C31H49ClN4O4S. The summed E-state index contributed by atoms with van der Waals surface area (Å²) in [6, 6.07) is 14.8. The van der Waals surface area contributed by atoms with E-state index in [1.165, 1.54) is 12.8 Å². The molecule has 6 N–H and O–H groups in total. The normalized spacial score (nSPS) is 20.0. The lowest BCUT2D eigenvalue weighted by molar-refractivity contribution is 0.0805. The Bertz CT molecular complexity index is 1100. The predicted molar refractivity (Wildman–Crippen MR) is 174 cm³/mol. The Balaban J connectivity index is 0.00000462. The van der Waals surface area contributed by atoms with Crippen molar-refractivity contribution < 1.29 is 19.0 Å². The fourth-order valence-corrected chi connectivity index (χ4v) is 7.89. The molecule has 2 aliphatic rings. The van der Waals surface area contributed by atoms with E-state index in [4.69, 9.17) is 0 Å². The Morgan fingerprint density at radius 2 is 1.78 bits per heavy atom. The Morgan fingerprint density at radius 1 is 1.05 bits per heavy atom. The van der Waals surface area contributed by atoms with E-state index in [-0.39, 0.29) is 23.9 Å². The van der Waals surface area contributed by atoms with Crippen LogP contribution in [0.15, 0.2) is 48.5 Å². The van der Waals surface area contributed by atoms with Crippen LogP contribution in [0.25, 0.3) is 0 Å². The number of nitrogens with zero attached hydrogens (tertiary/aromatic N) is 1. The molecule has 2 aromatic rings. The van der Waals surface area contributed by atoms with E-state index in [0.717, 1.165) is 49.8 Å². The van der Waals surface area contributed by atoms with Gasteiger partial charge in [-0.2, -0.15) is 0 Å². The first-order valence-corrected chi connectivity index (χ1v) is 16.6. The van der Waals surface area contributed by atoms with Crippen molar-refractivity contribution in [1.82, 2.24) is 10.6 Å². The van der Waals surface area contributed by atoms with Crippen molar-refractivity contribution in [2.45, 2.75) is 89.3 Å². The van der Waals surface area contributed by atoms with Gasteiger partial charge in [0.15, 0.2) is 0 Å². The van der Waals surface area contributed by atoms with Gasteiger partial charge >= 0.3 is 0 Å². The van der Waals surface area contributed by atoms with E-state index in [1.807, 2.05) is 43.3 Å². The SMILES string of the molecule is CCCC1(NC[C@H](O)[C@H](Cc2ccccc2)NC(=O)c2cc(NCC)cc(N3CCCCS3(O)O)c2)CCCC1.Cl. The second kappa shape index (κ2) is 15.5. The van der Waals surface area contributed by atoms with Gasteiger partial charge in [0.2, 0.25) is 0 Å². The van der Waals surface area contributed by atoms with Crippen LogP contribution in [0.3, 0.4) is 0 Å². The number of carbonyl (C=O) groups is 1. The molecule has 2 atom stereocenters. The third kappa shape index (κ3) is 8.99. The summed E-state index contributed by atoms with van der Waals surface area (Å²) in [5.74, 6) is 0.0382. The molecule has 230 valence electrons.